The Hall–Kier alpha value is -2.75. The summed E-state index contributed by atoms with van der Waals surface area (Å²) in [5.41, 5.74) is 1.33. The van der Waals surface area contributed by atoms with Crippen molar-refractivity contribution in [3.63, 3.8) is 0 Å². The second-order valence-electron chi connectivity index (χ2n) is 6.58. The second-order valence-corrected chi connectivity index (χ2v) is 8.98. The van der Waals surface area contributed by atoms with Gasteiger partial charge in [-0.2, -0.15) is 19.3 Å². The summed E-state index contributed by atoms with van der Waals surface area (Å²) in [7, 11) is -2.25. The summed E-state index contributed by atoms with van der Waals surface area (Å²) in [6.45, 7) is 3.53. The van der Waals surface area contributed by atoms with Crippen LogP contribution in [0, 0.1) is 0 Å². The summed E-state index contributed by atoms with van der Waals surface area (Å²) in [5, 5.41) is 10.9. The Morgan fingerprint density at radius 2 is 1.72 bits per heavy atom. The molecule has 0 aliphatic heterocycles. The Morgan fingerprint density at radius 3 is 2.31 bits per heavy atom. The molecule has 1 N–H and O–H groups in total. The van der Waals surface area contributed by atoms with E-state index in [0.29, 0.717) is 5.69 Å². The van der Waals surface area contributed by atoms with Crippen LogP contribution in [-0.2, 0) is 10.0 Å². The lowest BCUT2D eigenvalue weighted by molar-refractivity contribution is 0.102. The van der Waals surface area contributed by atoms with Gasteiger partial charge in [0.2, 0.25) is 10.0 Å². The van der Waals surface area contributed by atoms with Gasteiger partial charge in [0.15, 0.2) is 0 Å². The first-order valence-electron chi connectivity index (χ1n) is 8.76. The molecule has 0 unspecified atom stereocenters. The fraction of sp³-hybridized carbons (Fsp3) is 0.211. The molecule has 0 aliphatic carbocycles. The highest BCUT2D eigenvalue weighted by Crippen LogP contribution is 2.24. The van der Waals surface area contributed by atoms with Crippen molar-refractivity contribution < 1.29 is 13.2 Å². The largest absolute Gasteiger partial charge is 0.322 e. The highest BCUT2D eigenvalue weighted by Gasteiger charge is 2.25. The quantitative estimate of drug-likeness (QED) is 0.643. The summed E-state index contributed by atoms with van der Waals surface area (Å²) in [6, 6.07) is 10.7. The molecule has 0 radical (unpaired) electrons. The molecular formula is C19H20ClN5O3S. The minimum atomic E-state index is -3.74. The number of nitrogens with zero attached hydrogens (tertiary/aromatic N) is 4. The van der Waals surface area contributed by atoms with Crippen molar-refractivity contribution in [3.05, 3.63) is 65.4 Å². The molecule has 3 rings (SSSR count). The van der Waals surface area contributed by atoms with E-state index >= 15 is 0 Å². The Bertz CT molecular complexity index is 1110. The van der Waals surface area contributed by atoms with Crippen molar-refractivity contribution in [3.8, 4) is 5.69 Å². The number of hydrogen-bond donors (Lipinski definition) is 1. The predicted molar refractivity (Wildman–Crippen MR) is 111 cm³/mol. The number of carbonyl (C=O) groups is 1. The third kappa shape index (κ3) is 4.47. The highest BCUT2D eigenvalue weighted by atomic mass is 35.5. The molecule has 1 amide bonds. The van der Waals surface area contributed by atoms with E-state index in [1.165, 1.54) is 34.3 Å². The van der Waals surface area contributed by atoms with E-state index in [4.69, 9.17) is 11.6 Å². The molecule has 10 heteroatoms. The van der Waals surface area contributed by atoms with E-state index in [-0.39, 0.29) is 21.5 Å². The van der Waals surface area contributed by atoms with Crippen LogP contribution in [0.3, 0.4) is 0 Å². The van der Waals surface area contributed by atoms with Gasteiger partial charge >= 0.3 is 0 Å². The molecule has 0 bridgehead atoms. The van der Waals surface area contributed by atoms with E-state index in [9.17, 15) is 13.2 Å². The number of aromatic nitrogens is 3. The maximum atomic E-state index is 12.7. The molecule has 3 aromatic rings. The number of anilines is 1. The lowest BCUT2D eigenvalue weighted by Crippen LogP contribution is -2.33. The zero-order valence-corrected chi connectivity index (χ0v) is 17.6. The molecule has 2 aromatic carbocycles. The van der Waals surface area contributed by atoms with Gasteiger partial charge in [-0.1, -0.05) is 11.6 Å². The Labute approximate surface area is 174 Å². The number of halogens is 1. The van der Waals surface area contributed by atoms with Crippen molar-refractivity contribution in [2.24, 2.45) is 0 Å². The van der Waals surface area contributed by atoms with E-state index in [2.05, 4.69) is 15.5 Å². The molecule has 8 nitrogen and oxygen atoms in total. The number of benzene rings is 2. The lowest BCUT2D eigenvalue weighted by Gasteiger charge is -2.21. The molecule has 0 fully saturated rings. The topological polar surface area (TPSA) is 97.2 Å². The van der Waals surface area contributed by atoms with Crippen LogP contribution in [0.15, 0.2) is 59.8 Å². The number of nitrogens with one attached hydrogen (secondary N) is 1. The van der Waals surface area contributed by atoms with Crippen molar-refractivity contribution in [1.82, 2.24) is 19.3 Å². The SMILES string of the molecule is CC(C)N(C)S(=O)(=O)c1ccc(Cl)c(C(=O)Nc2ccc(-n3nccn3)cc2)c1. The molecule has 0 aliphatic rings. The summed E-state index contributed by atoms with van der Waals surface area (Å²) in [5.74, 6) is -0.510. The highest BCUT2D eigenvalue weighted by molar-refractivity contribution is 7.89. The summed E-state index contributed by atoms with van der Waals surface area (Å²) in [4.78, 5) is 14.1. The molecule has 29 heavy (non-hydrogen) atoms. The first-order chi connectivity index (χ1) is 13.7. The predicted octanol–water partition coefficient (Wildman–Crippen LogP) is 3.20. The van der Waals surface area contributed by atoms with Crippen molar-refractivity contribution in [2.75, 3.05) is 12.4 Å². The van der Waals surface area contributed by atoms with E-state index in [1.807, 2.05) is 0 Å². The maximum absolute atomic E-state index is 12.7. The minimum Gasteiger partial charge on any atom is -0.322 e. The lowest BCUT2D eigenvalue weighted by atomic mass is 10.2. The summed E-state index contributed by atoms with van der Waals surface area (Å²) >= 11 is 6.15. The Morgan fingerprint density at radius 1 is 1.10 bits per heavy atom. The van der Waals surface area contributed by atoms with Crippen LogP contribution < -0.4 is 5.32 Å². The zero-order chi connectivity index (χ0) is 21.2. The van der Waals surface area contributed by atoms with E-state index in [1.54, 1.807) is 50.5 Å². The zero-order valence-electron chi connectivity index (χ0n) is 16.1. The normalized spacial score (nSPS) is 11.8. The molecule has 1 aromatic heterocycles. The van der Waals surface area contributed by atoms with Crippen molar-refractivity contribution in [2.45, 2.75) is 24.8 Å². The van der Waals surface area contributed by atoms with Crippen molar-refractivity contribution in [1.29, 1.82) is 0 Å². The van der Waals surface area contributed by atoms with Crippen LogP contribution in [0.4, 0.5) is 5.69 Å². The van der Waals surface area contributed by atoms with Gasteiger partial charge in [-0.3, -0.25) is 4.79 Å². The van der Waals surface area contributed by atoms with Crippen LogP contribution in [0.25, 0.3) is 5.69 Å². The van der Waals surface area contributed by atoms with Gasteiger partial charge in [0.25, 0.3) is 5.91 Å². The maximum Gasteiger partial charge on any atom is 0.257 e. The molecule has 0 saturated heterocycles. The van der Waals surface area contributed by atoms with Gasteiger partial charge in [-0.25, -0.2) is 8.42 Å². The standard InChI is InChI=1S/C19H20ClN5O3S/c1-13(2)24(3)29(27,28)16-8-9-18(20)17(12-16)19(26)23-14-4-6-15(7-5-14)25-21-10-11-22-25/h4-13H,1-3H3,(H,23,26). The molecule has 152 valence electrons. The number of carbonyl (C=O) groups excluding carboxylic acids is 1. The van der Waals surface area contributed by atoms with Gasteiger partial charge < -0.3 is 5.32 Å². The van der Waals surface area contributed by atoms with Crippen molar-refractivity contribution >= 4 is 33.2 Å². The first kappa shape index (κ1) is 21.0. The summed E-state index contributed by atoms with van der Waals surface area (Å²) in [6.07, 6.45) is 3.13. The number of hydrogen-bond acceptors (Lipinski definition) is 5. The average Bonchev–Trinajstić information content (AvgIpc) is 3.22. The Kier molecular flexibility index (Phi) is 6.02. The fourth-order valence-electron chi connectivity index (χ4n) is 2.51. The fourth-order valence-corrected chi connectivity index (χ4v) is 4.11. The monoisotopic (exact) mass is 433 g/mol. The van der Waals surface area contributed by atoms with Crippen LogP contribution in [0.2, 0.25) is 5.02 Å². The van der Waals surface area contributed by atoms with E-state index < -0.39 is 15.9 Å². The van der Waals surface area contributed by atoms with Gasteiger partial charge in [-0.15, -0.1) is 0 Å². The van der Waals surface area contributed by atoms with Crippen LogP contribution in [-0.4, -0.2) is 46.7 Å². The minimum absolute atomic E-state index is 0.00311. The molecule has 1 heterocycles. The van der Waals surface area contributed by atoms with Gasteiger partial charge in [0.05, 0.1) is 33.6 Å². The van der Waals surface area contributed by atoms with Gasteiger partial charge in [0.1, 0.15) is 0 Å². The number of rotatable bonds is 6. The third-order valence-electron chi connectivity index (χ3n) is 4.36. The average molecular weight is 434 g/mol. The third-order valence-corrected chi connectivity index (χ3v) is 6.72. The molecule has 0 spiro atoms. The number of sulfonamides is 1. The second kappa shape index (κ2) is 8.32. The van der Waals surface area contributed by atoms with Gasteiger partial charge in [-0.05, 0) is 56.3 Å². The van der Waals surface area contributed by atoms with E-state index in [0.717, 1.165) is 5.69 Å². The van der Waals surface area contributed by atoms with Crippen LogP contribution in [0.5, 0.6) is 0 Å². The smallest absolute Gasteiger partial charge is 0.257 e. The number of amides is 1. The summed E-state index contributed by atoms with van der Waals surface area (Å²) < 4.78 is 26.6. The van der Waals surface area contributed by atoms with Crippen LogP contribution >= 0.6 is 11.6 Å². The Balaban J connectivity index is 1.84. The molecule has 0 saturated carbocycles. The molecular weight excluding hydrogens is 414 g/mol. The van der Waals surface area contributed by atoms with Gasteiger partial charge in [0, 0.05) is 18.8 Å². The first-order valence-corrected chi connectivity index (χ1v) is 10.6. The molecule has 0 atom stereocenters. The van der Waals surface area contributed by atoms with Crippen LogP contribution in [0.1, 0.15) is 24.2 Å².